The van der Waals surface area contributed by atoms with Gasteiger partial charge in [-0.1, -0.05) is 6.92 Å². The van der Waals surface area contributed by atoms with Gasteiger partial charge in [0.05, 0.1) is 12.6 Å². The average molecular weight is 192 g/mol. The van der Waals surface area contributed by atoms with E-state index in [4.69, 9.17) is 10.4 Å². The summed E-state index contributed by atoms with van der Waals surface area (Å²) in [5.74, 6) is 0.427. The zero-order chi connectivity index (χ0) is 10.4. The Bertz CT molecular complexity index is 330. The summed E-state index contributed by atoms with van der Waals surface area (Å²) >= 11 is 0. The van der Waals surface area contributed by atoms with Crippen molar-refractivity contribution >= 4 is 5.82 Å². The second kappa shape index (κ2) is 5.14. The Kier molecular flexibility index (Phi) is 3.83. The maximum atomic E-state index is 8.96. The number of aromatic nitrogens is 2. The zero-order valence-electron chi connectivity index (χ0n) is 7.94. The number of aliphatic hydroxyl groups is 1. The lowest BCUT2D eigenvalue weighted by Crippen LogP contribution is -2.23. The molecule has 1 atom stereocenters. The number of rotatable bonds is 4. The van der Waals surface area contributed by atoms with E-state index >= 15 is 0 Å². The highest BCUT2D eigenvalue weighted by atomic mass is 16.3. The predicted octanol–water partition coefficient (Wildman–Crippen LogP) is 0.531. The summed E-state index contributed by atoms with van der Waals surface area (Å²) in [6.45, 7) is 1.95. The first-order chi connectivity index (χ1) is 6.81. The van der Waals surface area contributed by atoms with E-state index in [1.54, 1.807) is 0 Å². The maximum absolute atomic E-state index is 8.96. The van der Waals surface area contributed by atoms with Gasteiger partial charge in [0.2, 0.25) is 0 Å². The highest BCUT2D eigenvalue weighted by Gasteiger charge is 2.08. The van der Waals surface area contributed by atoms with E-state index in [2.05, 4.69) is 15.3 Å². The van der Waals surface area contributed by atoms with Crippen LogP contribution in [0.25, 0.3) is 0 Å². The molecule has 0 saturated heterocycles. The summed E-state index contributed by atoms with van der Waals surface area (Å²) in [5.41, 5.74) is 0.249. The molecule has 1 rings (SSSR count). The van der Waals surface area contributed by atoms with Gasteiger partial charge in [-0.05, 0) is 6.42 Å². The first-order valence-electron chi connectivity index (χ1n) is 4.40. The van der Waals surface area contributed by atoms with Crippen LogP contribution in [0.5, 0.6) is 0 Å². The van der Waals surface area contributed by atoms with Crippen molar-refractivity contribution in [1.82, 2.24) is 9.97 Å². The SMILES string of the molecule is CCC(CO)Nc1nccnc1C#N. The standard InChI is InChI=1S/C9H12N4O/c1-2-7(6-14)13-9-8(5-10)11-3-4-12-9/h3-4,7,14H,2,6H2,1H3,(H,12,13). The van der Waals surface area contributed by atoms with Crippen LogP contribution in [0.15, 0.2) is 12.4 Å². The van der Waals surface area contributed by atoms with Crippen LogP contribution >= 0.6 is 0 Å². The second-order valence-electron chi connectivity index (χ2n) is 2.80. The van der Waals surface area contributed by atoms with Crippen molar-refractivity contribution < 1.29 is 5.11 Å². The minimum absolute atomic E-state index is 0.0118. The molecule has 0 saturated carbocycles. The van der Waals surface area contributed by atoms with E-state index in [0.717, 1.165) is 6.42 Å². The van der Waals surface area contributed by atoms with E-state index < -0.39 is 0 Å². The van der Waals surface area contributed by atoms with Gasteiger partial charge in [-0.25, -0.2) is 9.97 Å². The lowest BCUT2D eigenvalue weighted by molar-refractivity contribution is 0.271. The fraction of sp³-hybridized carbons (Fsp3) is 0.444. The number of nitriles is 1. The van der Waals surface area contributed by atoms with Gasteiger partial charge in [0.15, 0.2) is 11.5 Å². The van der Waals surface area contributed by atoms with Gasteiger partial charge in [0.25, 0.3) is 0 Å². The number of nitrogens with one attached hydrogen (secondary N) is 1. The first-order valence-corrected chi connectivity index (χ1v) is 4.40. The fourth-order valence-corrected chi connectivity index (χ4v) is 0.996. The van der Waals surface area contributed by atoms with E-state index in [0.29, 0.717) is 5.82 Å². The van der Waals surface area contributed by atoms with Crippen molar-refractivity contribution in [2.45, 2.75) is 19.4 Å². The molecule has 5 heteroatoms. The molecule has 1 unspecified atom stereocenters. The molecule has 14 heavy (non-hydrogen) atoms. The Hall–Kier alpha value is -1.67. The van der Waals surface area contributed by atoms with Gasteiger partial charge >= 0.3 is 0 Å². The van der Waals surface area contributed by atoms with Crippen molar-refractivity contribution in [3.05, 3.63) is 18.1 Å². The topological polar surface area (TPSA) is 81.8 Å². The predicted molar refractivity (Wildman–Crippen MR) is 51.5 cm³/mol. The third kappa shape index (κ3) is 2.41. The summed E-state index contributed by atoms with van der Waals surface area (Å²) in [7, 11) is 0. The molecule has 0 radical (unpaired) electrons. The van der Waals surface area contributed by atoms with Crippen LogP contribution < -0.4 is 5.32 Å². The normalized spacial score (nSPS) is 11.8. The molecule has 74 valence electrons. The minimum Gasteiger partial charge on any atom is -0.394 e. The van der Waals surface area contributed by atoms with Crippen molar-refractivity contribution in [3.63, 3.8) is 0 Å². The highest BCUT2D eigenvalue weighted by molar-refractivity contribution is 5.47. The maximum Gasteiger partial charge on any atom is 0.182 e. The summed E-state index contributed by atoms with van der Waals surface area (Å²) in [6.07, 6.45) is 3.73. The monoisotopic (exact) mass is 192 g/mol. The molecule has 0 aliphatic heterocycles. The van der Waals surface area contributed by atoms with Gasteiger partial charge in [0.1, 0.15) is 6.07 Å². The molecule has 0 amide bonds. The molecule has 2 N–H and O–H groups in total. The lowest BCUT2D eigenvalue weighted by Gasteiger charge is -2.14. The Morgan fingerprint density at radius 3 is 2.86 bits per heavy atom. The summed E-state index contributed by atoms with van der Waals surface area (Å²) < 4.78 is 0. The number of anilines is 1. The van der Waals surface area contributed by atoms with Gasteiger partial charge in [-0.15, -0.1) is 0 Å². The third-order valence-electron chi connectivity index (χ3n) is 1.86. The Labute approximate surface area is 82.4 Å². The smallest absolute Gasteiger partial charge is 0.182 e. The van der Waals surface area contributed by atoms with E-state index in [-0.39, 0.29) is 18.3 Å². The van der Waals surface area contributed by atoms with Crippen LogP contribution in [0.1, 0.15) is 19.0 Å². The molecule has 1 aromatic heterocycles. The van der Waals surface area contributed by atoms with Gasteiger partial charge < -0.3 is 10.4 Å². The summed E-state index contributed by atoms with van der Waals surface area (Å²) in [4.78, 5) is 7.83. The molecule has 0 aliphatic carbocycles. The molecule has 1 heterocycles. The van der Waals surface area contributed by atoms with E-state index in [1.165, 1.54) is 12.4 Å². The average Bonchev–Trinajstić information content (AvgIpc) is 2.26. The molecule has 0 bridgehead atoms. The lowest BCUT2D eigenvalue weighted by atomic mass is 10.2. The molecule has 0 fully saturated rings. The molecule has 0 aromatic carbocycles. The molecule has 5 nitrogen and oxygen atoms in total. The largest absolute Gasteiger partial charge is 0.394 e. The van der Waals surface area contributed by atoms with Gasteiger partial charge in [-0.3, -0.25) is 0 Å². The number of hydrogen-bond acceptors (Lipinski definition) is 5. The Morgan fingerprint density at radius 1 is 1.57 bits per heavy atom. The third-order valence-corrected chi connectivity index (χ3v) is 1.86. The zero-order valence-corrected chi connectivity index (χ0v) is 7.94. The molecular formula is C9H12N4O. The quantitative estimate of drug-likeness (QED) is 0.727. The van der Waals surface area contributed by atoms with Crippen molar-refractivity contribution in [2.24, 2.45) is 0 Å². The summed E-state index contributed by atoms with van der Waals surface area (Å²) in [6, 6.07) is 1.85. The Morgan fingerprint density at radius 2 is 2.29 bits per heavy atom. The summed E-state index contributed by atoms with van der Waals surface area (Å²) in [5, 5.41) is 20.6. The molecule has 0 spiro atoms. The minimum atomic E-state index is -0.0844. The number of nitrogens with zero attached hydrogens (tertiary/aromatic N) is 3. The fourth-order valence-electron chi connectivity index (χ4n) is 0.996. The van der Waals surface area contributed by atoms with E-state index in [9.17, 15) is 0 Å². The van der Waals surface area contributed by atoms with Gasteiger partial charge in [-0.2, -0.15) is 5.26 Å². The number of hydrogen-bond donors (Lipinski definition) is 2. The molecular weight excluding hydrogens is 180 g/mol. The van der Waals surface area contributed by atoms with Crippen LogP contribution in [0.3, 0.4) is 0 Å². The second-order valence-corrected chi connectivity index (χ2v) is 2.80. The van der Waals surface area contributed by atoms with Crippen molar-refractivity contribution in [3.8, 4) is 6.07 Å². The molecule has 1 aromatic rings. The molecule has 0 aliphatic rings. The number of aliphatic hydroxyl groups excluding tert-OH is 1. The van der Waals surface area contributed by atoms with Crippen molar-refractivity contribution in [2.75, 3.05) is 11.9 Å². The van der Waals surface area contributed by atoms with Crippen LogP contribution in [0, 0.1) is 11.3 Å². The Balaban J connectivity index is 2.80. The van der Waals surface area contributed by atoms with Crippen LogP contribution in [0.2, 0.25) is 0 Å². The van der Waals surface area contributed by atoms with Crippen LogP contribution in [0.4, 0.5) is 5.82 Å². The van der Waals surface area contributed by atoms with E-state index in [1.807, 2.05) is 13.0 Å². The highest BCUT2D eigenvalue weighted by Crippen LogP contribution is 2.09. The van der Waals surface area contributed by atoms with Crippen molar-refractivity contribution in [1.29, 1.82) is 5.26 Å². The van der Waals surface area contributed by atoms with Crippen LogP contribution in [-0.4, -0.2) is 27.7 Å². The van der Waals surface area contributed by atoms with Crippen LogP contribution in [-0.2, 0) is 0 Å². The van der Waals surface area contributed by atoms with Gasteiger partial charge in [0, 0.05) is 12.4 Å². The first kappa shape index (κ1) is 10.4.